The summed E-state index contributed by atoms with van der Waals surface area (Å²) in [6.07, 6.45) is 0. The fraction of sp³-hybridized carbons (Fsp3) is 0.600. The third kappa shape index (κ3) is 3.16. The van der Waals surface area contributed by atoms with E-state index in [1.54, 1.807) is 0 Å². The van der Waals surface area contributed by atoms with Crippen LogP contribution in [0.25, 0.3) is 0 Å². The van der Waals surface area contributed by atoms with Crippen molar-refractivity contribution in [1.82, 2.24) is 5.32 Å². The molecular formula is C15H24N2O. The van der Waals surface area contributed by atoms with E-state index in [0.29, 0.717) is 12.0 Å². The molecule has 0 aromatic heterocycles. The zero-order valence-electron chi connectivity index (χ0n) is 11.6. The van der Waals surface area contributed by atoms with Crippen LogP contribution in [0.2, 0.25) is 0 Å². The fourth-order valence-electron chi connectivity index (χ4n) is 2.27. The maximum atomic E-state index is 5.94. The average molecular weight is 248 g/mol. The van der Waals surface area contributed by atoms with Gasteiger partial charge in [-0.05, 0) is 25.0 Å². The van der Waals surface area contributed by atoms with Gasteiger partial charge in [0.15, 0.2) is 0 Å². The number of anilines is 1. The molecule has 1 aliphatic rings. The molecule has 2 rings (SSSR count). The Morgan fingerprint density at radius 2 is 2.17 bits per heavy atom. The van der Waals surface area contributed by atoms with Gasteiger partial charge in [0.05, 0.1) is 12.3 Å². The maximum Gasteiger partial charge on any atom is 0.142 e. The predicted molar refractivity (Wildman–Crippen MR) is 76.5 cm³/mol. The zero-order valence-corrected chi connectivity index (χ0v) is 11.6. The van der Waals surface area contributed by atoms with Crippen molar-refractivity contribution < 1.29 is 4.74 Å². The molecule has 0 amide bonds. The summed E-state index contributed by atoms with van der Waals surface area (Å²) in [5, 5.41) is 3.42. The van der Waals surface area contributed by atoms with E-state index in [4.69, 9.17) is 4.74 Å². The van der Waals surface area contributed by atoms with Crippen LogP contribution in [0.5, 0.6) is 5.75 Å². The van der Waals surface area contributed by atoms with E-state index in [0.717, 1.165) is 32.0 Å². The van der Waals surface area contributed by atoms with Gasteiger partial charge in [-0.3, -0.25) is 0 Å². The minimum atomic E-state index is 0.516. The van der Waals surface area contributed by atoms with Crippen molar-refractivity contribution >= 4 is 5.69 Å². The lowest BCUT2D eigenvalue weighted by Crippen LogP contribution is -2.50. The monoisotopic (exact) mass is 248 g/mol. The summed E-state index contributed by atoms with van der Waals surface area (Å²) in [5.74, 6) is 1.57. The number of piperazine rings is 1. The lowest BCUT2D eigenvalue weighted by atomic mass is 10.1. The van der Waals surface area contributed by atoms with E-state index in [1.807, 2.05) is 6.07 Å². The van der Waals surface area contributed by atoms with E-state index < -0.39 is 0 Å². The Morgan fingerprint density at radius 1 is 1.39 bits per heavy atom. The topological polar surface area (TPSA) is 24.5 Å². The Kier molecular flexibility index (Phi) is 4.48. The van der Waals surface area contributed by atoms with Crippen molar-refractivity contribution in [3.05, 3.63) is 24.3 Å². The van der Waals surface area contributed by atoms with Crippen molar-refractivity contribution in [2.24, 2.45) is 5.92 Å². The molecule has 100 valence electrons. The second-order valence-electron chi connectivity index (χ2n) is 5.42. The summed E-state index contributed by atoms with van der Waals surface area (Å²) in [6.45, 7) is 10.5. The molecule has 0 unspecified atom stereocenters. The Balaban J connectivity index is 2.15. The maximum absolute atomic E-state index is 5.94. The second-order valence-corrected chi connectivity index (χ2v) is 5.42. The quantitative estimate of drug-likeness (QED) is 0.886. The smallest absolute Gasteiger partial charge is 0.142 e. The van der Waals surface area contributed by atoms with Crippen LogP contribution in [-0.2, 0) is 0 Å². The molecule has 1 aromatic carbocycles. The van der Waals surface area contributed by atoms with Gasteiger partial charge in [-0.1, -0.05) is 26.0 Å². The van der Waals surface area contributed by atoms with Gasteiger partial charge in [-0.15, -0.1) is 0 Å². The molecule has 1 atom stereocenters. The first-order chi connectivity index (χ1) is 8.68. The molecule has 0 bridgehead atoms. The molecule has 1 N–H and O–H groups in total. The minimum absolute atomic E-state index is 0.516. The molecule has 0 spiro atoms. The molecule has 0 radical (unpaired) electrons. The van der Waals surface area contributed by atoms with Crippen molar-refractivity contribution in [2.75, 3.05) is 31.1 Å². The van der Waals surface area contributed by atoms with E-state index in [-0.39, 0.29) is 0 Å². The second kappa shape index (κ2) is 6.10. The van der Waals surface area contributed by atoms with Crippen molar-refractivity contribution in [1.29, 1.82) is 0 Å². The average Bonchev–Trinajstić information content (AvgIpc) is 2.37. The molecule has 1 aromatic rings. The molecule has 1 saturated heterocycles. The van der Waals surface area contributed by atoms with E-state index >= 15 is 0 Å². The molecule has 1 heterocycles. The largest absolute Gasteiger partial charge is 0.491 e. The summed E-state index contributed by atoms with van der Waals surface area (Å²) in [5.41, 5.74) is 1.23. The van der Waals surface area contributed by atoms with Crippen LogP contribution >= 0.6 is 0 Å². The van der Waals surface area contributed by atoms with Gasteiger partial charge in [0, 0.05) is 25.7 Å². The highest BCUT2D eigenvalue weighted by molar-refractivity contribution is 5.59. The van der Waals surface area contributed by atoms with E-state index in [2.05, 4.69) is 49.2 Å². The molecule has 0 saturated carbocycles. The summed E-state index contributed by atoms with van der Waals surface area (Å²) < 4.78 is 5.94. The summed E-state index contributed by atoms with van der Waals surface area (Å²) in [7, 11) is 0. The van der Waals surface area contributed by atoms with E-state index in [1.165, 1.54) is 5.69 Å². The summed E-state index contributed by atoms with van der Waals surface area (Å²) >= 11 is 0. The van der Waals surface area contributed by atoms with Gasteiger partial charge in [0.25, 0.3) is 0 Å². The van der Waals surface area contributed by atoms with Gasteiger partial charge < -0.3 is 15.0 Å². The van der Waals surface area contributed by atoms with Gasteiger partial charge in [0.2, 0.25) is 0 Å². The van der Waals surface area contributed by atoms with Crippen molar-refractivity contribution in [2.45, 2.75) is 26.8 Å². The van der Waals surface area contributed by atoms with Crippen LogP contribution < -0.4 is 15.0 Å². The van der Waals surface area contributed by atoms with Crippen LogP contribution in [0, 0.1) is 5.92 Å². The van der Waals surface area contributed by atoms with Crippen molar-refractivity contribution in [3.63, 3.8) is 0 Å². The third-order valence-corrected chi connectivity index (χ3v) is 3.25. The van der Waals surface area contributed by atoms with Crippen LogP contribution in [0.4, 0.5) is 5.69 Å². The number of ether oxygens (including phenoxy) is 1. The molecule has 3 heteroatoms. The number of hydrogen-bond donors (Lipinski definition) is 1. The predicted octanol–water partition coefficient (Wildman–Crippen LogP) is 2.52. The van der Waals surface area contributed by atoms with E-state index in [9.17, 15) is 0 Å². The van der Waals surface area contributed by atoms with Crippen LogP contribution in [0.3, 0.4) is 0 Å². The zero-order chi connectivity index (χ0) is 13.0. The third-order valence-electron chi connectivity index (χ3n) is 3.25. The molecular weight excluding hydrogens is 224 g/mol. The van der Waals surface area contributed by atoms with Crippen LogP contribution in [0.1, 0.15) is 20.8 Å². The number of nitrogens with one attached hydrogen (secondary N) is 1. The number of rotatable bonds is 4. The lowest BCUT2D eigenvalue weighted by Gasteiger charge is -2.36. The van der Waals surface area contributed by atoms with Crippen molar-refractivity contribution in [3.8, 4) is 5.75 Å². The number of hydrogen-bond acceptors (Lipinski definition) is 3. The first-order valence-corrected chi connectivity index (χ1v) is 6.87. The summed E-state index contributed by atoms with van der Waals surface area (Å²) in [4.78, 5) is 2.44. The van der Waals surface area contributed by atoms with Crippen LogP contribution in [0.15, 0.2) is 24.3 Å². The molecule has 0 aliphatic carbocycles. The number of nitrogens with zero attached hydrogens (tertiary/aromatic N) is 1. The highest BCUT2D eigenvalue weighted by atomic mass is 16.5. The van der Waals surface area contributed by atoms with Gasteiger partial charge in [-0.25, -0.2) is 0 Å². The first kappa shape index (κ1) is 13.2. The SMILES string of the molecule is CC(C)COc1ccccc1N1CCNC[C@H]1C. The number of benzene rings is 1. The summed E-state index contributed by atoms with van der Waals surface area (Å²) in [6, 6.07) is 8.89. The lowest BCUT2D eigenvalue weighted by molar-refractivity contribution is 0.270. The van der Waals surface area contributed by atoms with Gasteiger partial charge in [-0.2, -0.15) is 0 Å². The highest BCUT2D eigenvalue weighted by Gasteiger charge is 2.20. The van der Waals surface area contributed by atoms with Gasteiger partial charge in [0.1, 0.15) is 5.75 Å². The standard InChI is InChI=1S/C15H24N2O/c1-12(2)11-18-15-7-5-4-6-14(15)17-9-8-16-10-13(17)3/h4-7,12-13,16H,8-11H2,1-3H3/t13-/m1/s1. The Morgan fingerprint density at radius 3 is 2.89 bits per heavy atom. The normalized spacial score (nSPS) is 20.2. The van der Waals surface area contributed by atoms with Gasteiger partial charge >= 0.3 is 0 Å². The number of para-hydroxylation sites is 2. The van der Waals surface area contributed by atoms with Crippen LogP contribution in [-0.4, -0.2) is 32.3 Å². The molecule has 1 aliphatic heterocycles. The first-order valence-electron chi connectivity index (χ1n) is 6.87. The Hall–Kier alpha value is -1.22. The molecule has 3 nitrogen and oxygen atoms in total. The highest BCUT2D eigenvalue weighted by Crippen LogP contribution is 2.30. The Bertz CT molecular complexity index is 379. The Labute approximate surface area is 110 Å². The minimum Gasteiger partial charge on any atom is -0.491 e. The molecule has 1 fully saturated rings. The fourth-order valence-corrected chi connectivity index (χ4v) is 2.27. The molecule has 18 heavy (non-hydrogen) atoms.